The Bertz CT molecular complexity index is 414. The van der Waals surface area contributed by atoms with E-state index in [9.17, 15) is 4.79 Å². The molecule has 0 amide bonds. The van der Waals surface area contributed by atoms with E-state index in [0.717, 1.165) is 38.3 Å². The van der Waals surface area contributed by atoms with Crippen LogP contribution in [0.15, 0.2) is 24.3 Å². The third-order valence-corrected chi connectivity index (χ3v) is 3.44. The van der Waals surface area contributed by atoms with E-state index in [2.05, 4.69) is 16.3 Å². The molecular formula is C14H20N2O2. The number of aliphatic carboxylic acids is 1. The number of benzene rings is 1. The van der Waals surface area contributed by atoms with Crippen LogP contribution in [0.4, 0.5) is 0 Å². The third kappa shape index (κ3) is 3.31. The molecule has 1 unspecified atom stereocenters. The number of carboxylic acids is 1. The summed E-state index contributed by atoms with van der Waals surface area (Å²) < 4.78 is 0. The van der Waals surface area contributed by atoms with E-state index < -0.39 is 11.9 Å². The lowest BCUT2D eigenvalue weighted by Crippen LogP contribution is -2.42. The zero-order chi connectivity index (χ0) is 13.0. The first-order valence-electron chi connectivity index (χ1n) is 6.41. The summed E-state index contributed by atoms with van der Waals surface area (Å²) in [6.07, 6.45) is 0. The van der Waals surface area contributed by atoms with Crippen LogP contribution in [0.2, 0.25) is 0 Å². The van der Waals surface area contributed by atoms with Crippen LogP contribution < -0.4 is 5.32 Å². The minimum atomic E-state index is -0.769. The summed E-state index contributed by atoms with van der Waals surface area (Å²) >= 11 is 0. The van der Waals surface area contributed by atoms with E-state index in [-0.39, 0.29) is 0 Å². The fraction of sp³-hybridized carbons (Fsp3) is 0.500. The normalized spacial score (nSPS) is 18.5. The fourth-order valence-corrected chi connectivity index (χ4v) is 2.23. The summed E-state index contributed by atoms with van der Waals surface area (Å²) in [6, 6.07) is 7.92. The first kappa shape index (κ1) is 13.1. The van der Waals surface area contributed by atoms with Gasteiger partial charge in [-0.05, 0) is 18.1 Å². The minimum absolute atomic E-state index is 0.437. The van der Waals surface area contributed by atoms with Gasteiger partial charge in [-0.1, -0.05) is 24.3 Å². The Labute approximate surface area is 108 Å². The zero-order valence-electron chi connectivity index (χ0n) is 10.7. The Morgan fingerprint density at radius 2 is 2.17 bits per heavy atom. The summed E-state index contributed by atoms with van der Waals surface area (Å²) in [6.45, 7) is 6.81. The Morgan fingerprint density at radius 1 is 1.44 bits per heavy atom. The summed E-state index contributed by atoms with van der Waals surface area (Å²) in [4.78, 5) is 13.4. The maximum Gasteiger partial charge on any atom is 0.310 e. The minimum Gasteiger partial charge on any atom is -0.481 e. The standard InChI is InChI=1S/C14H20N2O2/c1-11(14(17)18)13-4-2-3-12(9-13)10-16-7-5-15-6-8-16/h2-4,9,11,15H,5-8,10H2,1H3,(H,17,18). The molecule has 2 N–H and O–H groups in total. The molecule has 0 aliphatic carbocycles. The van der Waals surface area contributed by atoms with Crippen LogP contribution >= 0.6 is 0 Å². The van der Waals surface area contributed by atoms with Crippen molar-refractivity contribution < 1.29 is 9.90 Å². The van der Waals surface area contributed by atoms with Gasteiger partial charge < -0.3 is 10.4 Å². The number of hydrogen-bond donors (Lipinski definition) is 2. The van der Waals surface area contributed by atoms with Crippen LogP contribution in [0.5, 0.6) is 0 Å². The number of hydrogen-bond acceptors (Lipinski definition) is 3. The van der Waals surface area contributed by atoms with Crippen molar-refractivity contribution in [1.82, 2.24) is 10.2 Å². The van der Waals surface area contributed by atoms with Crippen LogP contribution in [0, 0.1) is 0 Å². The smallest absolute Gasteiger partial charge is 0.310 e. The quantitative estimate of drug-likeness (QED) is 0.843. The molecule has 0 saturated carbocycles. The van der Waals surface area contributed by atoms with Crippen LogP contribution in [0.1, 0.15) is 24.0 Å². The molecule has 1 aliphatic heterocycles. The lowest BCUT2D eigenvalue weighted by Gasteiger charge is -2.27. The van der Waals surface area contributed by atoms with Crippen LogP contribution in [-0.4, -0.2) is 42.2 Å². The highest BCUT2D eigenvalue weighted by molar-refractivity contribution is 5.75. The molecular weight excluding hydrogens is 228 g/mol. The van der Waals surface area contributed by atoms with Gasteiger partial charge in [-0.25, -0.2) is 0 Å². The molecule has 0 radical (unpaired) electrons. The Kier molecular flexibility index (Phi) is 4.33. The molecule has 1 saturated heterocycles. The predicted molar refractivity (Wildman–Crippen MR) is 70.6 cm³/mol. The molecule has 1 aliphatic rings. The van der Waals surface area contributed by atoms with E-state index in [1.165, 1.54) is 5.56 Å². The van der Waals surface area contributed by atoms with Gasteiger partial charge in [0.15, 0.2) is 0 Å². The average Bonchev–Trinajstić information content (AvgIpc) is 2.39. The summed E-state index contributed by atoms with van der Waals surface area (Å²) in [5, 5.41) is 12.4. The van der Waals surface area contributed by atoms with Gasteiger partial charge in [0.05, 0.1) is 5.92 Å². The highest BCUT2D eigenvalue weighted by Gasteiger charge is 2.15. The SMILES string of the molecule is CC(C(=O)O)c1cccc(CN2CCNCC2)c1. The zero-order valence-corrected chi connectivity index (χ0v) is 10.7. The Balaban J connectivity index is 2.04. The summed E-state index contributed by atoms with van der Waals surface area (Å²) in [5.74, 6) is -1.21. The fourth-order valence-electron chi connectivity index (χ4n) is 2.23. The molecule has 4 nitrogen and oxygen atoms in total. The van der Waals surface area contributed by atoms with Crippen LogP contribution in [-0.2, 0) is 11.3 Å². The van der Waals surface area contributed by atoms with Crippen LogP contribution in [0.25, 0.3) is 0 Å². The second-order valence-corrected chi connectivity index (χ2v) is 4.83. The molecule has 1 aromatic rings. The molecule has 4 heteroatoms. The third-order valence-electron chi connectivity index (χ3n) is 3.44. The molecule has 0 spiro atoms. The molecule has 0 bridgehead atoms. The summed E-state index contributed by atoms with van der Waals surface area (Å²) in [5.41, 5.74) is 2.08. The van der Waals surface area contributed by atoms with Crippen LogP contribution in [0.3, 0.4) is 0 Å². The van der Waals surface area contributed by atoms with E-state index in [0.29, 0.717) is 0 Å². The highest BCUT2D eigenvalue weighted by atomic mass is 16.4. The highest BCUT2D eigenvalue weighted by Crippen LogP contribution is 2.17. The molecule has 0 aromatic heterocycles. The first-order valence-corrected chi connectivity index (χ1v) is 6.41. The van der Waals surface area contributed by atoms with Crippen molar-refractivity contribution in [3.63, 3.8) is 0 Å². The Morgan fingerprint density at radius 3 is 2.83 bits per heavy atom. The van der Waals surface area contributed by atoms with Crippen molar-refractivity contribution >= 4 is 5.97 Å². The number of piperazine rings is 1. The van der Waals surface area contributed by atoms with Gasteiger partial charge in [-0.2, -0.15) is 0 Å². The number of nitrogens with zero attached hydrogens (tertiary/aromatic N) is 1. The van der Waals surface area contributed by atoms with Gasteiger partial charge >= 0.3 is 5.97 Å². The van der Waals surface area contributed by atoms with Gasteiger partial charge in [0.25, 0.3) is 0 Å². The van der Waals surface area contributed by atoms with E-state index in [4.69, 9.17) is 5.11 Å². The number of carboxylic acid groups (broad SMARTS) is 1. The lowest BCUT2D eigenvalue weighted by atomic mass is 9.99. The van der Waals surface area contributed by atoms with Crippen molar-refractivity contribution in [3.05, 3.63) is 35.4 Å². The van der Waals surface area contributed by atoms with Gasteiger partial charge in [-0.3, -0.25) is 9.69 Å². The number of nitrogens with one attached hydrogen (secondary N) is 1. The first-order chi connectivity index (χ1) is 8.66. The van der Waals surface area contributed by atoms with Gasteiger partial charge in [-0.15, -0.1) is 0 Å². The molecule has 1 fully saturated rings. The van der Waals surface area contributed by atoms with E-state index in [1.807, 2.05) is 18.2 Å². The molecule has 1 heterocycles. The monoisotopic (exact) mass is 248 g/mol. The second kappa shape index (κ2) is 5.98. The Hall–Kier alpha value is -1.39. The van der Waals surface area contributed by atoms with E-state index >= 15 is 0 Å². The van der Waals surface area contributed by atoms with Gasteiger partial charge in [0.2, 0.25) is 0 Å². The van der Waals surface area contributed by atoms with Crippen molar-refractivity contribution in [2.45, 2.75) is 19.4 Å². The van der Waals surface area contributed by atoms with Gasteiger partial charge in [0.1, 0.15) is 0 Å². The number of rotatable bonds is 4. The average molecular weight is 248 g/mol. The topological polar surface area (TPSA) is 52.6 Å². The van der Waals surface area contributed by atoms with Crippen molar-refractivity contribution in [3.8, 4) is 0 Å². The van der Waals surface area contributed by atoms with Crippen molar-refractivity contribution in [1.29, 1.82) is 0 Å². The number of carbonyl (C=O) groups is 1. The van der Waals surface area contributed by atoms with E-state index in [1.54, 1.807) is 6.92 Å². The second-order valence-electron chi connectivity index (χ2n) is 4.83. The predicted octanol–water partition coefficient (Wildman–Crippen LogP) is 1.28. The van der Waals surface area contributed by atoms with Gasteiger partial charge in [0, 0.05) is 32.7 Å². The van der Waals surface area contributed by atoms with Crippen molar-refractivity contribution in [2.75, 3.05) is 26.2 Å². The largest absolute Gasteiger partial charge is 0.481 e. The molecule has 1 atom stereocenters. The molecule has 98 valence electrons. The molecule has 18 heavy (non-hydrogen) atoms. The maximum atomic E-state index is 11.0. The molecule has 1 aromatic carbocycles. The summed E-state index contributed by atoms with van der Waals surface area (Å²) in [7, 11) is 0. The maximum absolute atomic E-state index is 11.0. The lowest BCUT2D eigenvalue weighted by molar-refractivity contribution is -0.138. The van der Waals surface area contributed by atoms with Crippen molar-refractivity contribution in [2.24, 2.45) is 0 Å². The molecule has 2 rings (SSSR count).